The van der Waals surface area contributed by atoms with Crippen molar-refractivity contribution in [2.24, 2.45) is 0 Å². The number of halogens is 2. The zero-order valence-corrected chi connectivity index (χ0v) is 5.91. The van der Waals surface area contributed by atoms with Crippen molar-refractivity contribution in [2.45, 2.75) is 6.55 Å². The summed E-state index contributed by atoms with van der Waals surface area (Å²) in [7, 11) is 0. The number of aromatic nitrogens is 1. The second kappa shape index (κ2) is 3.25. The van der Waals surface area contributed by atoms with Gasteiger partial charge in [-0.2, -0.15) is 8.78 Å². The molecule has 0 N–H and O–H groups in total. The molecular formula is C7H5F2NO2. The molecule has 0 atom stereocenters. The van der Waals surface area contributed by atoms with Gasteiger partial charge in [0.1, 0.15) is 0 Å². The minimum Gasteiger partial charge on any atom is -0.298 e. The maximum atomic E-state index is 12.0. The van der Waals surface area contributed by atoms with Gasteiger partial charge in [0.2, 0.25) is 0 Å². The molecule has 1 aromatic rings. The summed E-state index contributed by atoms with van der Waals surface area (Å²) in [6, 6.07) is 2.41. The molecule has 0 spiro atoms. The second-order valence-electron chi connectivity index (χ2n) is 2.07. The van der Waals surface area contributed by atoms with Crippen LogP contribution in [-0.4, -0.2) is 10.9 Å². The van der Waals surface area contributed by atoms with E-state index in [0.29, 0.717) is 0 Å². The molecule has 0 saturated heterocycles. The molecule has 64 valence electrons. The Morgan fingerprint density at radius 3 is 2.67 bits per heavy atom. The van der Waals surface area contributed by atoms with Crippen LogP contribution in [0.3, 0.4) is 0 Å². The van der Waals surface area contributed by atoms with E-state index in [9.17, 15) is 18.4 Å². The number of carbonyl (C=O) groups excluding carboxylic acids is 1. The van der Waals surface area contributed by atoms with Crippen LogP contribution in [0, 0.1) is 0 Å². The molecule has 0 aromatic carbocycles. The first-order valence-electron chi connectivity index (χ1n) is 3.11. The van der Waals surface area contributed by atoms with Crippen LogP contribution in [0.15, 0.2) is 23.1 Å². The molecule has 0 amide bonds. The summed E-state index contributed by atoms with van der Waals surface area (Å²) in [5.74, 6) is 0. The highest BCUT2D eigenvalue weighted by molar-refractivity contribution is 5.73. The Bertz CT molecular complexity index is 346. The van der Waals surface area contributed by atoms with Gasteiger partial charge < -0.3 is 0 Å². The Labute approximate surface area is 66.2 Å². The van der Waals surface area contributed by atoms with E-state index >= 15 is 0 Å². The van der Waals surface area contributed by atoms with Crippen LogP contribution in [0.25, 0.3) is 0 Å². The first kappa shape index (κ1) is 8.58. The van der Waals surface area contributed by atoms with Gasteiger partial charge in [-0.05, 0) is 12.1 Å². The van der Waals surface area contributed by atoms with Crippen LogP contribution in [0.1, 0.15) is 16.9 Å². The smallest absolute Gasteiger partial charge is 0.298 e. The summed E-state index contributed by atoms with van der Waals surface area (Å²) in [6.45, 7) is -2.91. The number of hydrogen-bond donors (Lipinski definition) is 0. The van der Waals surface area contributed by atoms with E-state index in [4.69, 9.17) is 0 Å². The molecule has 1 rings (SSSR count). The summed E-state index contributed by atoms with van der Waals surface area (Å²) in [6.07, 6.45) is 1.18. The molecule has 0 saturated carbocycles. The maximum absolute atomic E-state index is 12.0. The summed E-state index contributed by atoms with van der Waals surface area (Å²) in [4.78, 5) is 21.0. The van der Waals surface area contributed by atoms with Gasteiger partial charge in [0, 0.05) is 6.20 Å². The summed E-state index contributed by atoms with van der Waals surface area (Å²) >= 11 is 0. The van der Waals surface area contributed by atoms with Gasteiger partial charge in [0.25, 0.3) is 5.56 Å². The summed E-state index contributed by atoms with van der Waals surface area (Å²) in [5.41, 5.74) is -1.24. The maximum Gasteiger partial charge on any atom is 0.321 e. The van der Waals surface area contributed by atoms with E-state index in [1.807, 2.05) is 0 Å². The summed E-state index contributed by atoms with van der Waals surface area (Å²) < 4.78 is 24.2. The van der Waals surface area contributed by atoms with Gasteiger partial charge in [-0.25, -0.2) is 0 Å². The van der Waals surface area contributed by atoms with Crippen molar-refractivity contribution in [3.63, 3.8) is 0 Å². The Balaban J connectivity index is 3.33. The van der Waals surface area contributed by atoms with Crippen LogP contribution in [0.5, 0.6) is 0 Å². The van der Waals surface area contributed by atoms with E-state index in [1.165, 1.54) is 12.1 Å². The van der Waals surface area contributed by atoms with Gasteiger partial charge >= 0.3 is 6.55 Å². The highest BCUT2D eigenvalue weighted by atomic mass is 19.3. The van der Waals surface area contributed by atoms with Gasteiger partial charge in [-0.3, -0.25) is 14.2 Å². The average molecular weight is 173 g/mol. The number of rotatable bonds is 2. The van der Waals surface area contributed by atoms with Crippen LogP contribution in [-0.2, 0) is 0 Å². The lowest BCUT2D eigenvalue weighted by Gasteiger charge is -2.02. The Morgan fingerprint density at radius 2 is 2.17 bits per heavy atom. The van der Waals surface area contributed by atoms with Gasteiger partial charge in [-0.15, -0.1) is 0 Å². The minimum atomic E-state index is -2.91. The molecule has 1 aromatic heterocycles. The Hall–Kier alpha value is -1.52. The third kappa shape index (κ3) is 1.39. The molecule has 3 nitrogen and oxygen atoms in total. The third-order valence-corrected chi connectivity index (χ3v) is 1.34. The lowest BCUT2D eigenvalue weighted by molar-refractivity contribution is 0.0660. The highest BCUT2D eigenvalue weighted by Crippen LogP contribution is 2.05. The summed E-state index contributed by atoms with van der Waals surface area (Å²) in [5, 5.41) is 0. The largest absolute Gasteiger partial charge is 0.321 e. The number of alkyl halides is 2. The van der Waals surface area contributed by atoms with E-state index in [-0.39, 0.29) is 16.4 Å². The van der Waals surface area contributed by atoms with Crippen LogP contribution in [0.2, 0.25) is 0 Å². The molecule has 12 heavy (non-hydrogen) atoms. The van der Waals surface area contributed by atoms with Gasteiger partial charge in [0.05, 0.1) is 5.56 Å². The normalized spacial score (nSPS) is 10.2. The second-order valence-corrected chi connectivity index (χ2v) is 2.07. The fourth-order valence-corrected chi connectivity index (χ4v) is 0.771. The van der Waals surface area contributed by atoms with Crippen molar-refractivity contribution in [1.82, 2.24) is 4.57 Å². The Kier molecular flexibility index (Phi) is 2.32. The number of aldehydes is 1. The quantitative estimate of drug-likeness (QED) is 0.627. The van der Waals surface area contributed by atoms with Crippen LogP contribution >= 0.6 is 0 Å². The predicted octanol–water partition coefficient (Wildman–Crippen LogP) is 1.06. The van der Waals surface area contributed by atoms with Crippen molar-refractivity contribution < 1.29 is 13.6 Å². The third-order valence-electron chi connectivity index (χ3n) is 1.34. The zero-order chi connectivity index (χ0) is 9.14. The van der Waals surface area contributed by atoms with Crippen molar-refractivity contribution >= 4 is 6.29 Å². The standard InChI is InChI=1S/C7H5F2NO2/c8-7(9)10-3-1-2-5(4-11)6(10)12/h1-4,7H. The topological polar surface area (TPSA) is 39.1 Å². The molecule has 0 aliphatic rings. The lowest BCUT2D eigenvalue weighted by Crippen LogP contribution is -2.22. The number of hydrogen-bond acceptors (Lipinski definition) is 2. The molecule has 5 heteroatoms. The number of nitrogens with zero attached hydrogens (tertiary/aromatic N) is 1. The van der Waals surface area contributed by atoms with Crippen molar-refractivity contribution in [2.75, 3.05) is 0 Å². The van der Waals surface area contributed by atoms with E-state index in [0.717, 1.165) is 6.20 Å². The minimum absolute atomic E-state index is 0.198. The molecular weight excluding hydrogens is 168 g/mol. The fraction of sp³-hybridized carbons (Fsp3) is 0.143. The van der Waals surface area contributed by atoms with Gasteiger partial charge in [-0.1, -0.05) is 0 Å². The first-order valence-corrected chi connectivity index (χ1v) is 3.11. The Morgan fingerprint density at radius 1 is 1.50 bits per heavy atom. The molecule has 0 radical (unpaired) electrons. The lowest BCUT2D eigenvalue weighted by atomic mass is 10.3. The fourth-order valence-electron chi connectivity index (χ4n) is 0.771. The van der Waals surface area contributed by atoms with E-state index in [2.05, 4.69) is 0 Å². The van der Waals surface area contributed by atoms with E-state index < -0.39 is 12.1 Å². The molecule has 1 heterocycles. The molecule has 0 bridgehead atoms. The van der Waals surface area contributed by atoms with Crippen LogP contribution in [0.4, 0.5) is 8.78 Å². The van der Waals surface area contributed by atoms with E-state index in [1.54, 1.807) is 0 Å². The van der Waals surface area contributed by atoms with Crippen molar-refractivity contribution in [1.29, 1.82) is 0 Å². The van der Waals surface area contributed by atoms with Crippen LogP contribution < -0.4 is 5.56 Å². The van der Waals surface area contributed by atoms with Crippen molar-refractivity contribution in [3.05, 3.63) is 34.2 Å². The number of carbonyl (C=O) groups is 1. The molecule has 0 fully saturated rings. The average Bonchev–Trinajstić information content (AvgIpc) is 2.04. The monoisotopic (exact) mass is 173 g/mol. The molecule has 0 aliphatic heterocycles. The first-order chi connectivity index (χ1) is 5.66. The molecule has 0 aliphatic carbocycles. The number of pyridine rings is 1. The van der Waals surface area contributed by atoms with Crippen molar-refractivity contribution in [3.8, 4) is 0 Å². The SMILES string of the molecule is O=Cc1cccn(C(F)F)c1=O. The zero-order valence-electron chi connectivity index (χ0n) is 5.91. The highest BCUT2D eigenvalue weighted by Gasteiger charge is 2.08. The predicted molar refractivity (Wildman–Crippen MR) is 37.3 cm³/mol. The van der Waals surface area contributed by atoms with Gasteiger partial charge in [0.15, 0.2) is 6.29 Å². The molecule has 0 unspecified atom stereocenters.